The first kappa shape index (κ1) is 14.2. The normalized spacial score (nSPS) is 11.7. The number of aliphatic hydroxyl groups is 1. The van der Waals surface area contributed by atoms with Gasteiger partial charge in [0.25, 0.3) is 5.91 Å². The highest BCUT2D eigenvalue weighted by atomic mass is 19.1. The van der Waals surface area contributed by atoms with E-state index in [1.807, 2.05) is 0 Å². The molecular formula is C13H16FNO3. The zero-order chi connectivity index (χ0) is 13.5. The van der Waals surface area contributed by atoms with Crippen LogP contribution < -0.4 is 10.1 Å². The number of carbonyl (C=O) groups excluding carboxylic acids is 1. The quantitative estimate of drug-likeness (QED) is 0.753. The Morgan fingerprint density at radius 2 is 2.39 bits per heavy atom. The van der Waals surface area contributed by atoms with Crippen molar-refractivity contribution in [1.82, 2.24) is 5.32 Å². The maximum absolute atomic E-state index is 13.5. The predicted molar refractivity (Wildman–Crippen MR) is 65.6 cm³/mol. The van der Waals surface area contributed by atoms with Gasteiger partial charge in [-0.2, -0.15) is 0 Å². The van der Waals surface area contributed by atoms with E-state index in [0.29, 0.717) is 12.1 Å². The molecule has 0 bridgehead atoms. The molecule has 0 radical (unpaired) electrons. The summed E-state index contributed by atoms with van der Waals surface area (Å²) in [4.78, 5) is 11.5. The number of benzene rings is 1. The second-order valence-electron chi connectivity index (χ2n) is 3.68. The van der Waals surface area contributed by atoms with E-state index in [-0.39, 0.29) is 18.3 Å². The van der Waals surface area contributed by atoms with Crippen molar-refractivity contribution in [2.24, 2.45) is 0 Å². The Morgan fingerprint density at radius 1 is 1.67 bits per heavy atom. The third kappa shape index (κ3) is 3.56. The number of nitrogens with one attached hydrogen (secondary N) is 1. The average molecular weight is 253 g/mol. The molecule has 0 saturated carbocycles. The van der Waals surface area contributed by atoms with Crippen LogP contribution in [0.4, 0.5) is 4.39 Å². The Morgan fingerprint density at radius 3 is 3.00 bits per heavy atom. The summed E-state index contributed by atoms with van der Waals surface area (Å²) in [5.41, 5.74) is 0.304. The summed E-state index contributed by atoms with van der Waals surface area (Å²) in [6.45, 7) is 4.94. The summed E-state index contributed by atoms with van der Waals surface area (Å²) >= 11 is 0. The third-order valence-corrected chi connectivity index (χ3v) is 2.30. The number of rotatable bonds is 6. The topological polar surface area (TPSA) is 58.6 Å². The predicted octanol–water partition coefficient (Wildman–Crippen LogP) is 1.39. The second-order valence-corrected chi connectivity index (χ2v) is 3.68. The summed E-state index contributed by atoms with van der Waals surface area (Å²) < 4.78 is 18.8. The molecule has 4 nitrogen and oxygen atoms in total. The van der Waals surface area contributed by atoms with Crippen LogP contribution in [0.2, 0.25) is 0 Å². The molecule has 18 heavy (non-hydrogen) atoms. The third-order valence-electron chi connectivity index (χ3n) is 2.30. The van der Waals surface area contributed by atoms with E-state index in [9.17, 15) is 9.18 Å². The molecule has 0 saturated heterocycles. The van der Waals surface area contributed by atoms with Crippen molar-refractivity contribution in [2.75, 3.05) is 6.54 Å². The van der Waals surface area contributed by atoms with Crippen LogP contribution in [0.3, 0.4) is 0 Å². The first-order chi connectivity index (χ1) is 8.60. The van der Waals surface area contributed by atoms with E-state index < -0.39 is 11.9 Å². The van der Waals surface area contributed by atoms with Gasteiger partial charge in [0, 0.05) is 12.1 Å². The number of hydrogen-bond acceptors (Lipinski definition) is 3. The zero-order valence-electron chi connectivity index (χ0n) is 10.1. The maximum atomic E-state index is 13.5. The standard InChI is InChI=1S/C13H16FNO3/c1-3-7-15-13(17)9(2)18-12-10(8-16)5-4-6-11(12)14/h3-6,9,16H,1,7-8H2,2H3,(H,15,17). The molecule has 0 aromatic heterocycles. The lowest BCUT2D eigenvalue weighted by molar-refractivity contribution is -0.127. The van der Waals surface area contributed by atoms with Gasteiger partial charge in [0.1, 0.15) is 0 Å². The molecule has 1 amide bonds. The lowest BCUT2D eigenvalue weighted by atomic mass is 10.2. The fourth-order valence-corrected chi connectivity index (χ4v) is 1.36. The Balaban J connectivity index is 2.77. The minimum absolute atomic E-state index is 0.0961. The molecule has 98 valence electrons. The molecule has 1 aromatic carbocycles. The van der Waals surface area contributed by atoms with Crippen molar-refractivity contribution in [2.45, 2.75) is 19.6 Å². The Hall–Kier alpha value is -1.88. The Kier molecular flexibility index (Phi) is 5.32. The smallest absolute Gasteiger partial charge is 0.261 e. The van der Waals surface area contributed by atoms with Crippen molar-refractivity contribution in [3.63, 3.8) is 0 Å². The number of aliphatic hydroxyl groups excluding tert-OH is 1. The highest BCUT2D eigenvalue weighted by Crippen LogP contribution is 2.23. The molecule has 1 unspecified atom stereocenters. The van der Waals surface area contributed by atoms with Crippen LogP contribution in [-0.2, 0) is 11.4 Å². The maximum Gasteiger partial charge on any atom is 0.261 e. The summed E-state index contributed by atoms with van der Waals surface area (Å²) in [7, 11) is 0. The SMILES string of the molecule is C=CCNC(=O)C(C)Oc1c(F)cccc1CO. The van der Waals surface area contributed by atoms with Crippen LogP contribution in [0.1, 0.15) is 12.5 Å². The molecule has 0 spiro atoms. The van der Waals surface area contributed by atoms with Crippen LogP contribution in [-0.4, -0.2) is 23.7 Å². The monoisotopic (exact) mass is 253 g/mol. The highest BCUT2D eigenvalue weighted by Gasteiger charge is 2.18. The summed E-state index contributed by atoms with van der Waals surface area (Å²) in [6, 6.07) is 4.21. The van der Waals surface area contributed by atoms with Crippen molar-refractivity contribution in [3.8, 4) is 5.75 Å². The van der Waals surface area contributed by atoms with Crippen LogP contribution >= 0.6 is 0 Å². The molecule has 0 fully saturated rings. The minimum Gasteiger partial charge on any atom is -0.477 e. The number of hydrogen-bond donors (Lipinski definition) is 2. The van der Waals surface area contributed by atoms with Gasteiger partial charge in [-0.05, 0) is 13.0 Å². The number of para-hydroxylation sites is 1. The molecule has 0 aliphatic carbocycles. The van der Waals surface area contributed by atoms with E-state index in [0.717, 1.165) is 0 Å². The molecule has 2 N–H and O–H groups in total. The fourth-order valence-electron chi connectivity index (χ4n) is 1.36. The fraction of sp³-hybridized carbons (Fsp3) is 0.308. The van der Waals surface area contributed by atoms with Crippen molar-refractivity contribution >= 4 is 5.91 Å². The van der Waals surface area contributed by atoms with E-state index in [1.165, 1.54) is 31.2 Å². The molecule has 1 rings (SSSR count). The average Bonchev–Trinajstić information content (AvgIpc) is 2.38. The molecule has 1 atom stereocenters. The van der Waals surface area contributed by atoms with E-state index >= 15 is 0 Å². The van der Waals surface area contributed by atoms with Gasteiger partial charge in [-0.15, -0.1) is 6.58 Å². The lowest BCUT2D eigenvalue weighted by Crippen LogP contribution is -2.36. The zero-order valence-corrected chi connectivity index (χ0v) is 10.1. The van der Waals surface area contributed by atoms with Gasteiger partial charge in [0.15, 0.2) is 17.7 Å². The van der Waals surface area contributed by atoms with Gasteiger partial charge in [0.2, 0.25) is 0 Å². The number of carbonyl (C=O) groups is 1. The first-order valence-corrected chi connectivity index (χ1v) is 5.53. The van der Waals surface area contributed by atoms with Gasteiger partial charge >= 0.3 is 0 Å². The van der Waals surface area contributed by atoms with Crippen LogP contribution in [0.5, 0.6) is 5.75 Å². The summed E-state index contributed by atoms with van der Waals surface area (Å²) in [5, 5.41) is 11.6. The van der Waals surface area contributed by atoms with Gasteiger partial charge in [0.05, 0.1) is 6.61 Å². The molecule has 0 aliphatic rings. The lowest BCUT2D eigenvalue weighted by Gasteiger charge is -2.16. The van der Waals surface area contributed by atoms with E-state index in [4.69, 9.17) is 9.84 Å². The Bertz CT molecular complexity index is 434. The Labute approximate surface area is 105 Å². The van der Waals surface area contributed by atoms with Crippen molar-refractivity contribution in [1.29, 1.82) is 0 Å². The van der Waals surface area contributed by atoms with Gasteiger partial charge < -0.3 is 15.2 Å². The van der Waals surface area contributed by atoms with Crippen LogP contribution in [0.15, 0.2) is 30.9 Å². The first-order valence-electron chi connectivity index (χ1n) is 5.53. The molecular weight excluding hydrogens is 237 g/mol. The highest BCUT2D eigenvalue weighted by molar-refractivity contribution is 5.80. The largest absolute Gasteiger partial charge is 0.477 e. The second kappa shape index (κ2) is 6.76. The molecule has 5 heteroatoms. The van der Waals surface area contributed by atoms with Gasteiger partial charge in [-0.25, -0.2) is 4.39 Å². The summed E-state index contributed by atoms with van der Waals surface area (Å²) in [5.74, 6) is -1.08. The number of amides is 1. The van der Waals surface area contributed by atoms with Crippen LogP contribution in [0, 0.1) is 5.82 Å². The number of ether oxygens (including phenoxy) is 1. The van der Waals surface area contributed by atoms with Crippen molar-refractivity contribution in [3.05, 3.63) is 42.2 Å². The molecule has 0 heterocycles. The van der Waals surface area contributed by atoms with Gasteiger partial charge in [-0.1, -0.05) is 18.2 Å². The van der Waals surface area contributed by atoms with Crippen molar-refractivity contribution < 1.29 is 19.0 Å². The molecule has 0 aliphatic heterocycles. The van der Waals surface area contributed by atoms with E-state index in [2.05, 4.69) is 11.9 Å². The minimum atomic E-state index is -0.854. The van der Waals surface area contributed by atoms with Crippen LogP contribution in [0.25, 0.3) is 0 Å². The molecule has 1 aromatic rings. The van der Waals surface area contributed by atoms with Gasteiger partial charge in [-0.3, -0.25) is 4.79 Å². The summed E-state index contributed by atoms with van der Waals surface area (Å²) in [6.07, 6.45) is 0.680. The number of halogens is 1. The van der Waals surface area contributed by atoms with E-state index in [1.54, 1.807) is 0 Å².